The van der Waals surface area contributed by atoms with Crippen LogP contribution in [0.3, 0.4) is 0 Å². The van der Waals surface area contributed by atoms with Crippen molar-refractivity contribution in [2.45, 2.75) is 6.92 Å². The lowest BCUT2D eigenvalue weighted by molar-refractivity contribution is 0.101. The average molecular weight is 270 g/mol. The molecule has 0 bridgehead atoms. The fourth-order valence-corrected chi connectivity index (χ4v) is 2.06. The van der Waals surface area contributed by atoms with Gasteiger partial charge in [-0.3, -0.25) is 14.9 Å². The number of aryl methyl sites for hydroxylation is 1. The lowest BCUT2D eigenvalue weighted by Crippen LogP contribution is -2.23. The van der Waals surface area contributed by atoms with Crippen molar-refractivity contribution in [2.75, 3.05) is 5.43 Å². The van der Waals surface area contributed by atoms with Crippen molar-refractivity contribution < 1.29 is 9.18 Å². The molecule has 0 aliphatic rings. The second kappa shape index (κ2) is 4.73. The van der Waals surface area contributed by atoms with Gasteiger partial charge in [-0.05, 0) is 31.2 Å². The SMILES string of the molecule is Cc1cc2cc(F)ccc2n1NC(=O)c1cncnc1. The average Bonchev–Trinajstić information content (AvgIpc) is 2.75. The Kier molecular flexibility index (Phi) is 2.90. The van der Waals surface area contributed by atoms with Gasteiger partial charge in [-0.15, -0.1) is 0 Å². The van der Waals surface area contributed by atoms with E-state index in [4.69, 9.17) is 0 Å². The van der Waals surface area contributed by atoms with Crippen molar-refractivity contribution in [3.63, 3.8) is 0 Å². The molecule has 0 saturated carbocycles. The zero-order valence-electron chi connectivity index (χ0n) is 10.7. The van der Waals surface area contributed by atoms with Crippen LogP contribution in [0.1, 0.15) is 16.1 Å². The molecule has 0 saturated heterocycles. The number of benzene rings is 1. The molecule has 1 amide bonds. The summed E-state index contributed by atoms with van der Waals surface area (Å²) in [6.07, 6.45) is 4.22. The molecule has 1 aromatic carbocycles. The van der Waals surface area contributed by atoms with E-state index in [1.807, 2.05) is 6.92 Å². The van der Waals surface area contributed by atoms with E-state index in [0.29, 0.717) is 5.56 Å². The summed E-state index contributed by atoms with van der Waals surface area (Å²) in [6, 6.07) is 6.21. The van der Waals surface area contributed by atoms with Crippen molar-refractivity contribution >= 4 is 16.8 Å². The molecule has 2 heterocycles. The zero-order chi connectivity index (χ0) is 14.1. The Morgan fingerprint density at radius 1 is 1.25 bits per heavy atom. The number of nitrogens with one attached hydrogen (secondary N) is 1. The van der Waals surface area contributed by atoms with E-state index in [1.165, 1.54) is 30.9 Å². The molecule has 0 aliphatic carbocycles. The fourth-order valence-electron chi connectivity index (χ4n) is 2.06. The quantitative estimate of drug-likeness (QED) is 0.777. The van der Waals surface area contributed by atoms with Crippen LogP contribution in [0.2, 0.25) is 0 Å². The highest BCUT2D eigenvalue weighted by Gasteiger charge is 2.11. The van der Waals surface area contributed by atoms with E-state index < -0.39 is 0 Å². The minimum atomic E-state index is -0.324. The first-order valence-electron chi connectivity index (χ1n) is 5.99. The highest BCUT2D eigenvalue weighted by atomic mass is 19.1. The first kappa shape index (κ1) is 12.3. The van der Waals surface area contributed by atoms with E-state index in [9.17, 15) is 9.18 Å². The predicted molar refractivity (Wildman–Crippen MR) is 72.4 cm³/mol. The number of fused-ring (bicyclic) bond motifs is 1. The number of rotatable bonds is 2. The van der Waals surface area contributed by atoms with E-state index >= 15 is 0 Å². The van der Waals surface area contributed by atoms with E-state index in [-0.39, 0.29) is 11.7 Å². The number of carbonyl (C=O) groups is 1. The molecule has 0 aliphatic heterocycles. The Morgan fingerprint density at radius 3 is 2.75 bits per heavy atom. The summed E-state index contributed by atoms with van der Waals surface area (Å²) in [5.41, 5.74) is 4.63. The second-order valence-corrected chi connectivity index (χ2v) is 4.39. The van der Waals surface area contributed by atoms with Crippen LogP contribution in [0.25, 0.3) is 10.9 Å². The molecule has 0 spiro atoms. The van der Waals surface area contributed by atoms with Gasteiger partial charge in [0.25, 0.3) is 5.91 Å². The lowest BCUT2D eigenvalue weighted by Gasteiger charge is -2.10. The molecule has 0 atom stereocenters. The summed E-state index contributed by atoms with van der Waals surface area (Å²) in [5, 5.41) is 0.729. The highest BCUT2D eigenvalue weighted by molar-refractivity contribution is 6.00. The maximum Gasteiger partial charge on any atom is 0.273 e. The number of hydrogen-bond donors (Lipinski definition) is 1. The molecule has 0 radical (unpaired) electrons. The van der Waals surface area contributed by atoms with Gasteiger partial charge in [-0.25, -0.2) is 14.4 Å². The normalized spacial score (nSPS) is 10.7. The summed E-state index contributed by atoms with van der Waals surface area (Å²) >= 11 is 0. The highest BCUT2D eigenvalue weighted by Crippen LogP contribution is 2.19. The molecule has 0 fully saturated rings. The Hall–Kier alpha value is -2.76. The van der Waals surface area contributed by atoms with E-state index in [0.717, 1.165) is 16.6 Å². The van der Waals surface area contributed by atoms with Crippen LogP contribution in [0.4, 0.5) is 4.39 Å². The van der Waals surface area contributed by atoms with E-state index in [2.05, 4.69) is 15.4 Å². The first-order chi connectivity index (χ1) is 9.65. The molecular weight excluding hydrogens is 259 g/mol. The van der Waals surface area contributed by atoms with Crippen molar-refractivity contribution in [1.82, 2.24) is 14.6 Å². The zero-order valence-corrected chi connectivity index (χ0v) is 10.7. The number of nitrogens with zero attached hydrogens (tertiary/aromatic N) is 3. The first-order valence-corrected chi connectivity index (χ1v) is 5.99. The van der Waals surface area contributed by atoms with E-state index in [1.54, 1.807) is 16.8 Å². The third-order valence-corrected chi connectivity index (χ3v) is 2.98. The monoisotopic (exact) mass is 270 g/mol. The van der Waals surface area contributed by atoms with Crippen LogP contribution >= 0.6 is 0 Å². The Labute approximate surface area is 114 Å². The molecule has 20 heavy (non-hydrogen) atoms. The van der Waals surface area contributed by atoms with Gasteiger partial charge in [0.05, 0.1) is 11.1 Å². The molecule has 1 N–H and O–H groups in total. The minimum Gasteiger partial charge on any atom is -0.267 e. The van der Waals surface area contributed by atoms with Crippen LogP contribution in [0, 0.1) is 12.7 Å². The topological polar surface area (TPSA) is 59.8 Å². The van der Waals surface area contributed by atoms with Crippen LogP contribution in [-0.4, -0.2) is 20.6 Å². The standard InChI is InChI=1S/C14H11FN4O/c1-9-4-10-5-12(15)2-3-13(10)19(9)18-14(20)11-6-16-8-17-7-11/h2-8H,1H3,(H,18,20). The molecular formula is C14H11FN4O. The fraction of sp³-hybridized carbons (Fsp3) is 0.0714. The van der Waals surface area contributed by atoms with Crippen molar-refractivity contribution in [3.8, 4) is 0 Å². The van der Waals surface area contributed by atoms with Gasteiger partial charge in [0, 0.05) is 23.5 Å². The number of amides is 1. The van der Waals surface area contributed by atoms with Gasteiger partial charge in [-0.1, -0.05) is 0 Å². The predicted octanol–water partition coefficient (Wildman–Crippen LogP) is 2.26. The molecule has 5 nitrogen and oxygen atoms in total. The third-order valence-electron chi connectivity index (χ3n) is 2.98. The van der Waals surface area contributed by atoms with Gasteiger partial charge in [0.1, 0.15) is 12.1 Å². The number of halogens is 1. The summed E-state index contributed by atoms with van der Waals surface area (Å²) in [5.74, 6) is -0.632. The largest absolute Gasteiger partial charge is 0.273 e. The van der Waals surface area contributed by atoms with Gasteiger partial charge in [0.2, 0.25) is 0 Å². The van der Waals surface area contributed by atoms with Gasteiger partial charge >= 0.3 is 0 Å². The lowest BCUT2D eigenvalue weighted by atomic mass is 10.2. The molecule has 3 rings (SSSR count). The second-order valence-electron chi connectivity index (χ2n) is 4.39. The van der Waals surface area contributed by atoms with Crippen LogP contribution < -0.4 is 5.43 Å². The summed E-state index contributed by atoms with van der Waals surface area (Å²) in [6.45, 7) is 1.83. The molecule has 2 aromatic heterocycles. The Balaban J connectivity index is 1.99. The maximum absolute atomic E-state index is 13.2. The smallest absolute Gasteiger partial charge is 0.267 e. The third kappa shape index (κ3) is 2.11. The van der Waals surface area contributed by atoms with Crippen LogP contribution in [0.5, 0.6) is 0 Å². The summed E-state index contributed by atoms with van der Waals surface area (Å²) < 4.78 is 14.8. The van der Waals surface area contributed by atoms with Crippen LogP contribution in [-0.2, 0) is 0 Å². The number of hydrogen-bond acceptors (Lipinski definition) is 3. The van der Waals surface area contributed by atoms with Crippen LogP contribution in [0.15, 0.2) is 43.0 Å². The maximum atomic E-state index is 13.2. The molecule has 6 heteroatoms. The Morgan fingerprint density at radius 2 is 2.00 bits per heavy atom. The van der Waals surface area contributed by atoms with Gasteiger partial charge < -0.3 is 0 Å². The van der Waals surface area contributed by atoms with Gasteiger partial charge in [-0.2, -0.15) is 0 Å². The summed E-state index contributed by atoms with van der Waals surface area (Å²) in [7, 11) is 0. The minimum absolute atomic E-state index is 0.308. The molecule has 0 unspecified atom stereocenters. The van der Waals surface area contributed by atoms with Gasteiger partial charge in [0.15, 0.2) is 0 Å². The van der Waals surface area contributed by atoms with Crippen molar-refractivity contribution in [1.29, 1.82) is 0 Å². The van der Waals surface area contributed by atoms with Crippen molar-refractivity contribution in [2.24, 2.45) is 0 Å². The van der Waals surface area contributed by atoms with Crippen molar-refractivity contribution in [3.05, 3.63) is 60.1 Å². The molecule has 100 valence electrons. The summed E-state index contributed by atoms with van der Waals surface area (Å²) in [4.78, 5) is 19.7. The Bertz CT molecular complexity index is 782. The molecule has 3 aromatic rings. The number of carbonyl (C=O) groups excluding carboxylic acids is 1. The number of aromatic nitrogens is 3.